The number of aryl methyl sites for hydroxylation is 1. The minimum absolute atomic E-state index is 0.0134. The first-order chi connectivity index (χ1) is 15.5. The van der Waals surface area contributed by atoms with Crippen LogP contribution in [0.25, 0.3) is 11.2 Å². The molecule has 4 rings (SSSR count). The maximum atomic E-state index is 12.6. The van der Waals surface area contributed by atoms with E-state index in [-0.39, 0.29) is 24.3 Å². The largest absolute Gasteiger partial charge is 0.497 e. The van der Waals surface area contributed by atoms with Gasteiger partial charge in [0.1, 0.15) is 24.2 Å². The van der Waals surface area contributed by atoms with Crippen molar-refractivity contribution in [1.82, 2.24) is 19.1 Å². The first-order valence-corrected chi connectivity index (χ1v) is 9.93. The monoisotopic (exact) mass is 437 g/mol. The number of imidazole rings is 1. The Morgan fingerprint density at radius 2 is 1.78 bits per heavy atom. The van der Waals surface area contributed by atoms with Crippen LogP contribution in [0.3, 0.4) is 0 Å². The molecule has 2 heterocycles. The summed E-state index contributed by atoms with van der Waals surface area (Å²) in [4.78, 5) is 31.3. The number of methoxy groups -OCH3 is 1. The van der Waals surface area contributed by atoms with E-state index in [1.165, 1.54) is 11.6 Å². The highest BCUT2D eigenvalue weighted by molar-refractivity contribution is 5.75. The molecule has 0 aliphatic heterocycles. The molecule has 0 saturated carbocycles. The number of aromatic nitrogens is 4. The molecular weight excluding hydrogens is 414 g/mol. The number of H-pyrrole nitrogens is 1. The topological polar surface area (TPSA) is 123 Å². The van der Waals surface area contributed by atoms with Crippen molar-refractivity contribution in [1.29, 1.82) is 0 Å². The maximum Gasteiger partial charge on any atom is 0.329 e. The number of anilines is 2. The van der Waals surface area contributed by atoms with Gasteiger partial charge in [-0.05, 0) is 36.4 Å². The molecule has 10 nitrogen and oxygen atoms in total. The summed E-state index contributed by atoms with van der Waals surface area (Å²) in [7, 11) is 3.10. The van der Waals surface area contributed by atoms with Crippen LogP contribution in [0.2, 0.25) is 0 Å². The Hall–Kier alpha value is -4.05. The number of hydrogen-bond donors (Lipinski definition) is 3. The molecule has 2 aromatic carbocycles. The van der Waals surface area contributed by atoms with Gasteiger partial charge >= 0.3 is 5.69 Å². The highest BCUT2D eigenvalue weighted by Gasteiger charge is 2.20. The lowest BCUT2D eigenvalue weighted by atomic mass is 10.3. The lowest BCUT2D eigenvalue weighted by Crippen LogP contribution is -2.30. The van der Waals surface area contributed by atoms with Crippen molar-refractivity contribution in [3.63, 3.8) is 0 Å². The van der Waals surface area contributed by atoms with E-state index in [2.05, 4.69) is 15.3 Å². The number of benzene rings is 2. The van der Waals surface area contributed by atoms with Crippen molar-refractivity contribution in [2.45, 2.75) is 12.6 Å². The number of ether oxygens (including phenoxy) is 2. The molecule has 32 heavy (non-hydrogen) atoms. The zero-order valence-electron chi connectivity index (χ0n) is 17.6. The molecule has 2 aromatic heterocycles. The van der Waals surface area contributed by atoms with Gasteiger partial charge in [0.05, 0.1) is 13.7 Å². The standard InChI is InChI=1S/C22H23N5O5/c1-26-19-18(20(29)25-22(26)30)27(21(24-19)23-14-6-4-3-5-7-14)12-15(28)13-32-17-10-8-16(31-2)9-11-17/h3-11,15,28H,12-13H2,1-2H3,(H,23,24)(H,25,29,30)/t15-/m1/s1. The van der Waals surface area contributed by atoms with Crippen molar-refractivity contribution in [3.8, 4) is 11.5 Å². The molecule has 0 unspecified atom stereocenters. The molecule has 4 aromatic rings. The zero-order valence-corrected chi connectivity index (χ0v) is 17.6. The fraction of sp³-hybridized carbons (Fsp3) is 0.227. The second-order valence-corrected chi connectivity index (χ2v) is 7.17. The van der Waals surface area contributed by atoms with Crippen LogP contribution in [0.15, 0.2) is 64.2 Å². The molecule has 3 N–H and O–H groups in total. The highest BCUT2D eigenvalue weighted by Crippen LogP contribution is 2.21. The Kier molecular flexibility index (Phi) is 5.95. The molecule has 0 fully saturated rings. The quantitative estimate of drug-likeness (QED) is 0.383. The minimum Gasteiger partial charge on any atom is -0.497 e. The average molecular weight is 437 g/mol. The predicted octanol–water partition coefficient (Wildman–Crippen LogP) is 1.62. The van der Waals surface area contributed by atoms with Gasteiger partial charge in [0.15, 0.2) is 11.2 Å². The normalized spacial score (nSPS) is 12.0. The number of nitrogens with zero attached hydrogens (tertiary/aromatic N) is 3. The van der Waals surface area contributed by atoms with Crippen LogP contribution in [-0.2, 0) is 13.6 Å². The number of aliphatic hydroxyl groups excluding tert-OH is 1. The van der Waals surface area contributed by atoms with E-state index >= 15 is 0 Å². The fourth-order valence-corrected chi connectivity index (χ4v) is 3.29. The van der Waals surface area contributed by atoms with E-state index in [4.69, 9.17) is 9.47 Å². The average Bonchev–Trinajstić information content (AvgIpc) is 3.15. The molecule has 10 heteroatoms. The lowest BCUT2D eigenvalue weighted by molar-refractivity contribution is 0.0938. The van der Waals surface area contributed by atoms with Crippen molar-refractivity contribution < 1.29 is 14.6 Å². The van der Waals surface area contributed by atoms with E-state index in [0.717, 1.165) is 5.69 Å². The molecule has 0 amide bonds. The second-order valence-electron chi connectivity index (χ2n) is 7.17. The molecular formula is C22H23N5O5. The van der Waals surface area contributed by atoms with Crippen LogP contribution < -0.4 is 26.0 Å². The lowest BCUT2D eigenvalue weighted by Gasteiger charge is -2.16. The second kappa shape index (κ2) is 8.98. The van der Waals surface area contributed by atoms with Gasteiger partial charge in [0, 0.05) is 12.7 Å². The number of fused-ring (bicyclic) bond motifs is 1. The number of rotatable bonds is 8. The fourth-order valence-electron chi connectivity index (χ4n) is 3.29. The number of hydrogen-bond acceptors (Lipinski definition) is 7. The molecule has 0 spiro atoms. The molecule has 0 bridgehead atoms. The third kappa shape index (κ3) is 4.35. The summed E-state index contributed by atoms with van der Waals surface area (Å²) in [6.07, 6.45) is -0.956. The summed E-state index contributed by atoms with van der Waals surface area (Å²) in [6.45, 7) is 0.00353. The van der Waals surface area contributed by atoms with Crippen molar-refractivity contribution in [3.05, 3.63) is 75.4 Å². The third-order valence-corrected chi connectivity index (χ3v) is 4.93. The number of aliphatic hydroxyl groups is 1. The first-order valence-electron chi connectivity index (χ1n) is 9.93. The third-order valence-electron chi connectivity index (χ3n) is 4.93. The first kappa shape index (κ1) is 21.2. The van der Waals surface area contributed by atoms with E-state index in [1.807, 2.05) is 30.3 Å². The summed E-state index contributed by atoms with van der Waals surface area (Å²) in [5.41, 5.74) is -0.0225. The molecule has 0 radical (unpaired) electrons. The van der Waals surface area contributed by atoms with Gasteiger partial charge in [-0.3, -0.25) is 14.3 Å². The van der Waals surface area contributed by atoms with E-state index in [9.17, 15) is 14.7 Å². The van der Waals surface area contributed by atoms with Crippen LogP contribution >= 0.6 is 0 Å². The number of para-hydroxylation sites is 1. The Balaban J connectivity index is 1.63. The number of aromatic amines is 1. The summed E-state index contributed by atoms with van der Waals surface area (Å²) in [5, 5.41) is 13.8. The summed E-state index contributed by atoms with van der Waals surface area (Å²) in [5.74, 6) is 1.59. The van der Waals surface area contributed by atoms with Gasteiger partial charge < -0.3 is 24.5 Å². The van der Waals surface area contributed by atoms with E-state index in [1.54, 1.807) is 35.9 Å². The van der Waals surface area contributed by atoms with Crippen LogP contribution in [-0.4, -0.2) is 44.0 Å². The van der Waals surface area contributed by atoms with Crippen LogP contribution in [0.4, 0.5) is 11.6 Å². The van der Waals surface area contributed by atoms with Crippen LogP contribution in [0.5, 0.6) is 11.5 Å². The Bertz CT molecular complexity index is 1330. The molecule has 0 saturated heterocycles. The van der Waals surface area contributed by atoms with Crippen LogP contribution in [0, 0.1) is 0 Å². The molecule has 0 aliphatic rings. The van der Waals surface area contributed by atoms with Crippen LogP contribution in [0.1, 0.15) is 0 Å². The summed E-state index contributed by atoms with van der Waals surface area (Å²) in [6, 6.07) is 16.3. The van der Waals surface area contributed by atoms with Gasteiger partial charge in [-0.25, -0.2) is 4.79 Å². The highest BCUT2D eigenvalue weighted by atomic mass is 16.5. The van der Waals surface area contributed by atoms with Crippen molar-refractivity contribution >= 4 is 22.8 Å². The molecule has 166 valence electrons. The summed E-state index contributed by atoms with van der Waals surface area (Å²) < 4.78 is 13.6. The Morgan fingerprint density at radius 1 is 1.09 bits per heavy atom. The SMILES string of the molecule is COc1ccc(OC[C@H](O)Cn2c(Nc3ccccc3)nc3c2c(=O)[nH]c(=O)n3C)cc1. The van der Waals surface area contributed by atoms with E-state index < -0.39 is 17.4 Å². The van der Waals surface area contributed by atoms with Gasteiger partial charge in [-0.1, -0.05) is 18.2 Å². The zero-order chi connectivity index (χ0) is 22.7. The smallest absolute Gasteiger partial charge is 0.329 e. The summed E-state index contributed by atoms with van der Waals surface area (Å²) >= 11 is 0. The van der Waals surface area contributed by atoms with Gasteiger partial charge in [-0.15, -0.1) is 0 Å². The van der Waals surface area contributed by atoms with Crippen molar-refractivity contribution in [2.75, 3.05) is 19.0 Å². The maximum absolute atomic E-state index is 12.6. The van der Waals surface area contributed by atoms with Crippen molar-refractivity contribution in [2.24, 2.45) is 7.05 Å². The van der Waals surface area contributed by atoms with Gasteiger partial charge in [0.2, 0.25) is 5.95 Å². The van der Waals surface area contributed by atoms with E-state index in [0.29, 0.717) is 17.4 Å². The van der Waals surface area contributed by atoms with Gasteiger partial charge in [0.25, 0.3) is 5.56 Å². The molecule has 1 atom stereocenters. The predicted molar refractivity (Wildman–Crippen MR) is 120 cm³/mol. The Labute approximate surface area is 182 Å². The molecule has 0 aliphatic carbocycles. The minimum atomic E-state index is -0.956. The Morgan fingerprint density at radius 3 is 2.47 bits per heavy atom. The number of nitrogens with one attached hydrogen (secondary N) is 2. The van der Waals surface area contributed by atoms with Gasteiger partial charge in [-0.2, -0.15) is 4.98 Å².